The summed E-state index contributed by atoms with van der Waals surface area (Å²) >= 11 is 0. The summed E-state index contributed by atoms with van der Waals surface area (Å²) in [5, 5.41) is 2.90. The van der Waals surface area contributed by atoms with Crippen molar-refractivity contribution in [1.82, 2.24) is 5.32 Å². The van der Waals surface area contributed by atoms with E-state index in [9.17, 15) is 22.8 Å². The maximum Gasteiger partial charge on any atom is 0.416 e. The maximum atomic E-state index is 13.7. The van der Waals surface area contributed by atoms with Crippen LogP contribution in [0.2, 0.25) is 0 Å². The largest absolute Gasteiger partial charge is 0.466 e. The van der Waals surface area contributed by atoms with Gasteiger partial charge in [0.1, 0.15) is 0 Å². The molecule has 0 radical (unpaired) electrons. The van der Waals surface area contributed by atoms with E-state index in [2.05, 4.69) is 5.32 Å². The van der Waals surface area contributed by atoms with Gasteiger partial charge in [-0.15, -0.1) is 0 Å². The Morgan fingerprint density at radius 3 is 2.14 bits per heavy atom. The van der Waals surface area contributed by atoms with Crippen molar-refractivity contribution >= 4 is 11.9 Å². The number of alkyl halides is 3. The Hall–Kier alpha value is -2.77. The lowest BCUT2D eigenvalue weighted by Gasteiger charge is -2.31. The molecule has 0 fully saturated rings. The maximum absolute atomic E-state index is 13.7. The fourth-order valence-corrected chi connectivity index (χ4v) is 3.28. The lowest BCUT2D eigenvalue weighted by Crippen LogP contribution is -2.33. The van der Waals surface area contributed by atoms with E-state index in [1.165, 1.54) is 18.2 Å². The first kappa shape index (κ1) is 22.5. The van der Waals surface area contributed by atoms with Crippen LogP contribution in [0.1, 0.15) is 44.7 Å². The number of allylic oxidation sites excluding steroid dienone is 2. The molecule has 1 N–H and O–H groups in total. The number of hydrogen-bond acceptors (Lipinski definition) is 5. The molecule has 1 heterocycles. The van der Waals surface area contributed by atoms with E-state index in [4.69, 9.17) is 9.47 Å². The molecule has 8 heteroatoms. The number of hydrogen-bond donors (Lipinski definition) is 1. The zero-order valence-electron chi connectivity index (χ0n) is 16.9. The standard InChI is InChI=1S/C21H24F3NO4/c1-11(2)10-29-20(27)17-13(4)25-12(3)16(19(26)28-5)18(17)14-8-6-7-9-15(14)21(22,23)24/h6-9,11,18,25H,10H2,1-5H3. The highest BCUT2D eigenvalue weighted by Crippen LogP contribution is 2.44. The number of ether oxygens (including phenoxy) is 2. The van der Waals surface area contributed by atoms with Crippen LogP contribution in [0.4, 0.5) is 13.2 Å². The van der Waals surface area contributed by atoms with Crippen molar-refractivity contribution in [3.8, 4) is 0 Å². The van der Waals surface area contributed by atoms with Gasteiger partial charge in [-0.3, -0.25) is 0 Å². The van der Waals surface area contributed by atoms with Gasteiger partial charge in [0, 0.05) is 11.4 Å². The molecule has 0 amide bonds. The van der Waals surface area contributed by atoms with Crippen LogP contribution in [0, 0.1) is 5.92 Å². The van der Waals surface area contributed by atoms with Gasteiger partial charge in [-0.2, -0.15) is 13.2 Å². The van der Waals surface area contributed by atoms with Gasteiger partial charge in [0.15, 0.2) is 0 Å². The smallest absolute Gasteiger partial charge is 0.416 e. The van der Waals surface area contributed by atoms with E-state index < -0.39 is 29.6 Å². The predicted octanol–water partition coefficient (Wildman–Crippen LogP) is 4.31. The topological polar surface area (TPSA) is 64.6 Å². The lowest BCUT2D eigenvalue weighted by molar-refractivity contribution is -0.142. The lowest BCUT2D eigenvalue weighted by atomic mass is 9.78. The van der Waals surface area contributed by atoms with Gasteiger partial charge in [0.25, 0.3) is 0 Å². The number of methoxy groups -OCH3 is 1. The van der Waals surface area contributed by atoms with Crippen molar-refractivity contribution in [2.45, 2.75) is 39.8 Å². The van der Waals surface area contributed by atoms with Crippen molar-refractivity contribution in [2.75, 3.05) is 13.7 Å². The number of carbonyl (C=O) groups is 2. The van der Waals surface area contributed by atoms with Crippen LogP contribution in [0.15, 0.2) is 46.8 Å². The molecule has 0 aromatic heterocycles. The fourth-order valence-electron chi connectivity index (χ4n) is 3.28. The minimum Gasteiger partial charge on any atom is -0.466 e. The highest BCUT2D eigenvalue weighted by molar-refractivity contribution is 6.00. The van der Waals surface area contributed by atoms with Crippen LogP contribution >= 0.6 is 0 Å². The van der Waals surface area contributed by atoms with Crippen molar-refractivity contribution in [2.24, 2.45) is 5.92 Å². The third-order valence-corrected chi connectivity index (χ3v) is 4.51. The molecular weight excluding hydrogens is 387 g/mol. The second-order valence-electron chi connectivity index (χ2n) is 7.20. The second kappa shape index (κ2) is 8.71. The minimum absolute atomic E-state index is 0.0367. The SMILES string of the molecule is COC(=O)C1=C(C)NC(C)=C(C(=O)OCC(C)C)C1c1ccccc1C(F)(F)F. The molecule has 0 saturated heterocycles. The third kappa shape index (κ3) is 4.81. The summed E-state index contributed by atoms with van der Waals surface area (Å²) in [4.78, 5) is 25.3. The summed E-state index contributed by atoms with van der Waals surface area (Å²) in [6, 6.07) is 4.88. The average Bonchev–Trinajstić information content (AvgIpc) is 2.64. The molecule has 0 spiro atoms. The highest BCUT2D eigenvalue weighted by Gasteiger charge is 2.43. The van der Waals surface area contributed by atoms with Crippen molar-refractivity contribution in [3.05, 3.63) is 57.9 Å². The van der Waals surface area contributed by atoms with Crippen LogP contribution < -0.4 is 5.32 Å². The summed E-state index contributed by atoms with van der Waals surface area (Å²) in [6.45, 7) is 6.89. The number of dihydropyridines is 1. The summed E-state index contributed by atoms with van der Waals surface area (Å²) in [5.41, 5.74) is -0.609. The molecule has 158 valence electrons. The fraction of sp³-hybridized carbons (Fsp3) is 0.429. The normalized spacial score (nSPS) is 17.3. The van der Waals surface area contributed by atoms with Gasteiger partial charge in [0.2, 0.25) is 0 Å². The average molecular weight is 411 g/mol. The van der Waals surface area contributed by atoms with Crippen LogP contribution in [0.3, 0.4) is 0 Å². The summed E-state index contributed by atoms with van der Waals surface area (Å²) < 4.78 is 51.2. The van der Waals surface area contributed by atoms with Crippen molar-refractivity contribution in [3.63, 3.8) is 0 Å². The number of benzene rings is 1. The van der Waals surface area contributed by atoms with Crippen LogP contribution in [-0.4, -0.2) is 25.7 Å². The van der Waals surface area contributed by atoms with Gasteiger partial charge in [-0.05, 0) is 31.4 Å². The van der Waals surface area contributed by atoms with Crippen LogP contribution in [0.5, 0.6) is 0 Å². The molecule has 0 saturated carbocycles. The Kier molecular flexibility index (Phi) is 6.77. The van der Waals surface area contributed by atoms with E-state index in [1.807, 2.05) is 13.8 Å². The van der Waals surface area contributed by atoms with E-state index >= 15 is 0 Å². The Morgan fingerprint density at radius 2 is 1.62 bits per heavy atom. The third-order valence-electron chi connectivity index (χ3n) is 4.51. The molecule has 1 aliphatic rings. The van der Waals surface area contributed by atoms with Crippen LogP contribution in [-0.2, 0) is 25.2 Å². The van der Waals surface area contributed by atoms with E-state index in [1.54, 1.807) is 13.8 Å². The zero-order chi connectivity index (χ0) is 21.9. The molecule has 1 aliphatic heterocycles. The Bertz CT molecular complexity index is 869. The molecule has 1 atom stereocenters. The van der Waals surface area contributed by atoms with Crippen LogP contribution in [0.25, 0.3) is 0 Å². The quantitative estimate of drug-likeness (QED) is 0.732. The highest BCUT2D eigenvalue weighted by atomic mass is 19.4. The Morgan fingerprint density at radius 1 is 1.07 bits per heavy atom. The van der Waals surface area contributed by atoms with Gasteiger partial charge < -0.3 is 14.8 Å². The predicted molar refractivity (Wildman–Crippen MR) is 101 cm³/mol. The number of rotatable bonds is 5. The first-order valence-electron chi connectivity index (χ1n) is 9.09. The summed E-state index contributed by atoms with van der Waals surface area (Å²) in [6.07, 6.45) is -4.67. The number of nitrogens with one attached hydrogen (secondary N) is 1. The van der Waals surface area contributed by atoms with Crippen molar-refractivity contribution < 1.29 is 32.2 Å². The molecule has 5 nitrogen and oxygen atoms in total. The number of carbonyl (C=O) groups excluding carboxylic acids is 2. The van der Waals surface area contributed by atoms with Gasteiger partial charge in [-0.25, -0.2) is 9.59 Å². The Labute approximate surface area is 167 Å². The minimum atomic E-state index is -4.67. The number of halogens is 3. The van der Waals surface area contributed by atoms with Gasteiger partial charge >= 0.3 is 18.1 Å². The monoisotopic (exact) mass is 411 g/mol. The van der Waals surface area contributed by atoms with Gasteiger partial charge in [0.05, 0.1) is 36.3 Å². The van der Waals surface area contributed by atoms with E-state index in [-0.39, 0.29) is 29.2 Å². The first-order valence-corrected chi connectivity index (χ1v) is 9.09. The molecule has 29 heavy (non-hydrogen) atoms. The zero-order valence-corrected chi connectivity index (χ0v) is 16.9. The van der Waals surface area contributed by atoms with E-state index in [0.29, 0.717) is 11.4 Å². The van der Waals surface area contributed by atoms with Gasteiger partial charge in [-0.1, -0.05) is 32.0 Å². The molecule has 2 rings (SSSR count). The number of esters is 2. The molecule has 1 aromatic carbocycles. The van der Waals surface area contributed by atoms with Crippen molar-refractivity contribution in [1.29, 1.82) is 0 Å². The molecular formula is C21H24F3NO4. The second-order valence-corrected chi connectivity index (χ2v) is 7.20. The first-order chi connectivity index (χ1) is 13.5. The molecule has 0 aliphatic carbocycles. The molecule has 1 unspecified atom stereocenters. The Balaban J connectivity index is 2.72. The summed E-state index contributed by atoms with van der Waals surface area (Å²) in [5.74, 6) is -2.84. The summed E-state index contributed by atoms with van der Waals surface area (Å²) in [7, 11) is 1.14. The molecule has 1 aromatic rings. The molecule has 0 bridgehead atoms. The van der Waals surface area contributed by atoms with E-state index in [0.717, 1.165) is 13.2 Å².